The first-order valence-electron chi connectivity index (χ1n) is 6.61. The van der Waals surface area contributed by atoms with Crippen molar-refractivity contribution in [1.29, 1.82) is 0 Å². The molecule has 0 radical (unpaired) electrons. The van der Waals surface area contributed by atoms with Gasteiger partial charge in [0.2, 0.25) is 0 Å². The Morgan fingerprint density at radius 3 is 2.52 bits per heavy atom. The second kappa shape index (κ2) is 6.21. The number of aromatic nitrogens is 2. The molecular formula is C15H17N3O3. The molecule has 0 saturated heterocycles. The molecule has 1 amide bonds. The monoisotopic (exact) mass is 287 g/mol. The third-order valence-electron chi connectivity index (χ3n) is 3.02. The number of carboxylic acids is 1. The normalized spacial score (nSPS) is 10.4. The van der Waals surface area contributed by atoms with Crippen molar-refractivity contribution in [2.75, 3.05) is 6.54 Å². The lowest BCUT2D eigenvalue weighted by molar-refractivity contribution is -0.136. The molecular weight excluding hydrogens is 270 g/mol. The van der Waals surface area contributed by atoms with Crippen molar-refractivity contribution in [3.63, 3.8) is 0 Å². The Labute approximate surface area is 122 Å². The summed E-state index contributed by atoms with van der Waals surface area (Å²) in [6.45, 7) is 3.95. The molecule has 110 valence electrons. The van der Waals surface area contributed by atoms with E-state index in [0.29, 0.717) is 0 Å². The lowest BCUT2D eigenvalue weighted by atomic mass is 10.2. The van der Waals surface area contributed by atoms with E-state index in [0.717, 1.165) is 16.9 Å². The molecule has 0 aliphatic carbocycles. The average molecular weight is 287 g/mol. The van der Waals surface area contributed by atoms with E-state index in [1.165, 1.54) is 0 Å². The minimum absolute atomic E-state index is 0.0879. The number of carbonyl (C=O) groups is 2. The summed E-state index contributed by atoms with van der Waals surface area (Å²) in [6, 6.07) is 9.49. The van der Waals surface area contributed by atoms with E-state index in [4.69, 9.17) is 5.11 Å². The predicted molar refractivity (Wildman–Crippen MR) is 77.6 cm³/mol. The maximum absolute atomic E-state index is 11.9. The van der Waals surface area contributed by atoms with Crippen molar-refractivity contribution < 1.29 is 14.7 Å². The van der Waals surface area contributed by atoms with Crippen LogP contribution in [0.4, 0.5) is 0 Å². The van der Waals surface area contributed by atoms with Crippen molar-refractivity contribution in [3.8, 4) is 5.69 Å². The van der Waals surface area contributed by atoms with Crippen LogP contribution in [0.15, 0.2) is 30.3 Å². The highest BCUT2D eigenvalue weighted by molar-refractivity contribution is 5.92. The standard InChI is InChI=1S/C15H17N3O3/c1-10-3-5-12(6-4-10)18-11(2)9-13(17-18)15(21)16-8-7-14(19)20/h3-6,9H,7-8H2,1-2H3,(H,16,21)(H,19,20). The molecule has 1 aromatic heterocycles. The molecule has 0 saturated carbocycles. The summed E-state index contributed by atoms with van der Waals surface area (Å²) in [5.74, 6) is -1.32. The van der Waals surface area contributed by atoms with Crippen molar-refractivity contribution in [2.45, 2.75) is 20.3 Å². The minimum Gasteiger partial charge on any atom is -0.481 e. The van der Waals surface area contributed by atoms with Gasteiger partial charge in [0, 0.05) is 12.2 Å². The third-order valence-corrected chi connectivity index (χ3v) is 3.02. The Balaban J connectivity index is 2.13. The number of rotatable bonds is 5. The van der Waals surface area contributed by atoms with Crippen molar-refractivity contribution in [2.24, 2.45) is 0 Å². The molecule has 6 heteroatoms. The van der Waals surface area contributed by atoms with E-state index in [2.05, 4.69) is 10.4 Å². The van der Waals surface area contributed by atoms with Crippen molar-refractivity contribution in [1.82, 2.24) is 15.1 Å². The molecule has 0 unspecified atom stereocenters. The first-order chi connectivity index (χ1) is 9.97. The molecule has 0 atom stereocenters. The highest BCUT2D eigenvalue weighted by Crippen LogP contribution is 2.13. The molecule has 21 heavy (non-hydrogen) atoms. The van der Waals surface area contributed by atoms with Gasteiger partial charge < -0.3 is 10.4 Å². The Bertz CT molecular complexity index is 659. The van der Waals surface area contributed by atoms with Crippen LogP contribution in [0.5, 0.6) is 0 Å². The van der Waals surface area contributed by atoms with E-state index in [1.807, 2.05) is 38.1 Å². The summed E-state index contributed by atoms with van der Waals surface area (Å²) < 4.78 is 1.69. The maximum Gasteiger partial charge on any atom is 0.305 e. The van der Waals surface area contributed by atoms with Gasteiger partial charge in [0.25, 0.3) is 5.91 Å². The molecule has 2 rings (SSSR count). The van der Waals surface area contributed by atoms with E-state index in [-0.39, 0.29) is 24.6 Å². The van der Waals surface area contributed by atoms with Gasteiger partial charge in [-0.3, -0.25) is 9.59 Å². The molecule has 0 aliphatic heterocycles. The van der Waals surface area contributed by atoms with Crippen LogP contribution < -0.4 is 5.32 Å². The van der Waals surface area contributed by atoms with E-state index >= 15 is 0 Å². The molecule has 0 aliphatic rings. The van der Waals surface area contributed by atoms with Crippen LogP contribution in [-0.4, -0.2) is 33.3 Å². The summed E-state index contributed by atoms with van der Waals surface area (Å²) in [5.41, 5.74) is 3.14. The van der Waals surface area contributed by atoms with E-state index in [9.17, 15) is 9.59 Å². The number of amides is 1. The fourth-order valence-electron chi connectivity index (χ4n) is 1.91. The molecule has 2 aromatic rings. The number of benzene rings is 1. The van der Waals surface area contributed by atoms with Gasteiger partial charge >= 0.3 is 5.97 Å². The van der Waals surface area contributed by atoms with Crippen LogP contribution >= 0.6 is 0 Å². The van der Waals surface area contributed by atoms with Crippen LogP contribution in [-0.2, 0) is 4.79 Å². The highest BCUT2D eigenvalue weighted by atomic mass is 16.4. The smallest absolute Gasteiger partial charge is 0.305 e. The topological polar surface area (TPSA) is 84.2 Å². The number of hydrogen-bond acceptors (Lipinski definition) is 3. The van der Waals surface area contributed by atoms with Crippen molar-refractivity contribution >= 4 is 11.9 Å². The second-order valence-corrected chi connectivity index (χ2v) is 4.82. The Morgan fingerprint density at radius 1 is 1.24 bits per heavy atom. The molecule has 1 aromatic carbocycles. The zero-order valence-electron chi connectivity index (χ0n) is 12.0. The van der Waals surface area contributed by atoms with Gasteiger partial charge in [-0.25, -0.2) is 4.68 Å². The second-order valence-electron chi connectivity index (χ2n) is 4.82. The molecule has 0 fully saturated rings. The largest absolute Gasteiger partial charge is 0.481 e. The summed E-state index contributed by atoms with van der Waals surface area (Å²) in [6.07, 6.45) is -0.108. The molecule has 0 spiro atoms. The van der Waals surface area contributed by atoms with Gasteiger partial charge in [0.15, 0.2) is 5.69 Å². The SMILES string of the molecule is Cc1ccc(-n2nc(C(=O)NCCC(=O)O)cc2C)cc1. The van der Waals surface area contributed by atoms with Gasteiger partial charge in [0.05, 0.1) is 12.1 Å². The lowest BCUT2D eigenvalue weighted by Crippen LogP contribution is -2.26. The first-order valence-corrected chi connectivity index (χ1v) is 6.61. The van der Waals surface area contributed by atoms with E-state index < -0.39 is 5.97 Å². The Kier molecular flexibility index (Phi) is 4.37. The number of carboxylic acid groups (broad SMARTS) is 1. The molecule has 1 heterocycles. The summed E-state index contributed by atoms with van der Waals surface area (Å²) in [5, 5.41) is 15.3. The summed E-state index contributed by atoms with van der Waals surface area (Å²) >= 11 is 0. The zero-order valence-corrected chi connectivity index (χ0v) is 12.0. The third kappa shape index (κ3) is 3.68. The van der Waals surface area contributed by atoms with Crippen molar-refractivity contribution in [3.05, 3.63) is 47.3 Å². The van der Waals surface area contributed by atoms with Gasteiger partial charge in [0.1, 0.15) is 0 Å². The van der Waals surface area contributed by atoms with E-state index in [1.54, 1.807) is 10.7 Å². The van der Waals surface area contributed by atoms with Gasteiger partial charge in [-0.15, -0.1) is 0 Å². The fourth-order valence-corrected chi connectivity index (χ4v) is 1.91. The predicted octanol–water partition coefficient (Wildman–Crippen LogP) is 1.69. The first kappa shape index (κ1) is 14.8. The molecule has 2 N–H and O–H groups in total. The summed E-state index contributed by atoms with van der Waals surface area (Å²) in [7, 11) is 0. The van der Waals surface area contributed by atoms with Crippen LogP contribution in [0.25, 0.3) is 5.69 Å². The van der Waals surface area contributed by atoms with Crippen LogP contribution in [0, 0.1) is 13.8 Å². The van der Waals surface area contributed by atoms with Crippen LogP contribution in [0.1, 0.15) is 28.2 Å². The zero-order chi connectivity index (χ0) is 15.4. The number of aliphatic carboxylic acids is 1. The number of nitrogens with zero attached hydrogens (tertiary/aromatic N) is 2. The van der Waals surface area contributed by atoms with Crippen LogP contribution in [0.2, 0.25) is 0 Å². The van der Waals surface area contributed by atoms with Gasteiger partial charge in [-0.2, -0.15) is 5.10 Å². The maximum atomic E-state index is 11.9. The Morgan fingerprint density at radius 2 is 1.90 bits per heavy atom. The number of hydrogen-bond donors (Lipinski definition) is 2. The molecule has 0 bridgehead atoms. The van der Waals surface area contributed by atoms with Crippen LogP contribution in [0.3, 0.4) is 0 Å². The lowest BCUT2D eigenvalue weighted by Gasteiger charge is -2.04. The van der Waals surface area contributed by atoms with Gasteiger partial charge in [-0.1, -0.05) is 17.7 Å². The molecule has 6 nitrogen and oxygen atoms in total. The highest BCUT2D eigenvalue weighted by Gasteiger charge is 2.13. The number of carbonyl (C=O) groups excluding carboxylic acids is 1. The number of aryl methyl sites for hydroxylation is 2. The number of nitrogens with one attached hydrogen (secondary N) is 1. The average Bonchev–Trinajstić information content (AvgIpc) is 2.81. The minimum atomic E-state index is -0.948. The fraction of sp³-hybridized carbons (Fsp3) is 0.267. The quantitative estimate of drug-likeness (QED) is 0.876. The Hall–Kier alpha value is -2.63. The van der Waals surface area contributed by atoms with Gasteiger partial charge in [-0.05, 0) is 32.0 Å². The summed E-state index contributed by atoms with van der Waals surface area (Å²) in [4.78, 5) is 22.3.